The van der Waals surface area contributed by atoms with E-state index in [0.29, 0.717) is 6.54 Å². The van der Waals surface area contributed by atoms with Crippen molar-refractivity contribution in [1.82, 2.24) is 0 Å². The van der Waals surface area contributed by atoms with Crippen molar-refractivity contribution in [2.45, 2.75) is 30.8 Å². The lowest BCUT2D eigenvalue weighted by Crippen LogP contribution is -2.24. The van der Waals surface area contributed by atoms with Gasteiger partial charge in [0.05, 0.1) is 5.69 Å². The number of carbonyl (C=O) groups excluding carboxylic acids is 1. The molecule has 1 fully saturated rings. The average Bonchev–Trinajstić information content (AvgIpc) is 3.25. The van der Waals surface area contributed by atoms with Gasteiger partial charge in [-0.05, 0) is 47.1 Å². The Balaban J connectivity index is 1.71. The smallest absolute Gasteiger partial charge is 0.422 e. The van der Waals surface area contributed by atoms with Gasteiger partial charge >= 0.3 is 6.18 Å². The van der Waals surface area contributed by atoms with Crippen LogP contribution in [0.4, 0.5) is 23.2 Å². The van der Waals surface area contributed by atoms with Crippen LogP contribution in [-0.2, 0) is 14.9 Å². The van der Waals surface area contributed by atoms with Crippen molar-refractivity contribution in [3.05, 3.63) is 53.8 Å². The summed E-state index contributed by atoms with van der Waals surface area (Å²) in [5.41, 5.74) is 1.23. The van der Waals surface area contributed by atoms with Crippen molar-refractivity contribution < 1.29 is 31.3 Å². The van der Waals surface area contributed by atoms with Crippen LogP contribution in [0.1, 0.15) is 25.3 Å². The zero-order chi connectivity index (χ0) is 23.0. The fourth-order valence-corrected chi connectivity index (χ4v) is 4.64. The van der Waals surface area contributed by atoms with Gasteiger partial charge in [0, 0.05) is 27.6 Å². The lowest BCUT2D eigenvalue weighted by Gasteiger charge is -2.15. The van der Waals surface area contributed by atoms with Gasteiger partial charge in [0.25, 0.3) is 0 Å². The number of nitrogens with one attached hydrogen (secondary N) is 1. The van der Waals surface area contributed by atoms with Crippen LogP contribution in [-0.4, -0.2) is 29.2 Å². The molecule has 1 aliphatic carbocycles. The predicted molar refractivity (Wildman–Crippen MR) is 112 cm³/mol. The lowest BCUT2D eigenvalue weighted by atomic mass is 10.0. The van der Waals surface area contributed by atoms with Crippen LogP contribution in [0.3, 0.4) is 0 Å². The molecule has 0 aliphatic heterocycles. The molecule has 0 unspecified atom stereocenters. The molecule has 1 saturated carbocycles. The minimum atomic E-state index is -4.50. The second-order valence-electron chi connectivity index (χ2n) is 8.24. The van der Waals surface area contributed by atoms with Crippen LogP contribution >= 0.6 is 0 Å². The highest BCUT2D eigenvalue weighted by Crippen LogP contribution is 2.64. The molecule has 1 aliphatic rings. The summed E-state index contributed by atoms with van der Waals surface area (Å²) in [6.07, 6.45) is -4.50. The van der Waals surface area contributed by atoms with Crippen LogP contribution < -0.4 is 15.2 Å². The molecule has 2 aromatic carbocycles. The summed E-state index contributed by atoms with van der Waals surface area (Å²) in [5, 5.41) is 8.52. The van der Waals surface area contributed by atoms with Gasteiger partial charge in [0.2, 0.25) is 0 Å². The molecule has 10 heteroatoms. The third-order valence-corrected chi connectivity index (χ3v) is 7.13. The van der Waals surface area contributed by atoms with Crippen LogP contribution in [0.25, 0.3) is 0 Å². The zero-order valence-electron chi connectivity index (χ0n) is 16.9. The lowest BCUT2D eigenvalue weighted by molar-refractivity contribution is -0.153. The molecule has 0 spiro atoms. The summed E-state index contributed by atoms with van der Waals surface area (Å²) >= 11 is 0. The van der Waals surface area contributed by atoms with Gasteiger partial charge in [-0.1, -0.05) is 26.0 Å². The molecule has 0 amide bonds. The number of anilines is 1. The number of hydrogen-bond acceptors (Lipinski definition) is 4. The molecule has 0 aromatic heterocycles. The molecule has 0 bridgehead atoms. The number of ether oxygens (including phenoxy) is 1. The molecule has 3 rings (SSSR count). The molecular weight excluding hydrogens is 436 g/mol. The summed E-state index contributed by atoms with van der Waals surface area (Å²) in [6.45, 7) is 3.01. The largest absolute Gasteiger partial charge is 0.482 e. The first kappa shape index (κ1) is 23.2. The third-order valence-electron chi connectivity index (χ3n) is 5.71. The van der Waals surface area contributed by atoms with Crippen molar-refractivity contribution in [3.63, 3.8) is 0 Å². The van der Waals surface area contributed by atoms with Crippen molar-refractivity contribution in [1.29, 1.82) is 0 Å². The number of carbonyl (C=O) groups is 1. The van der Waals surface area contributed by atoms with E-state index >= 15 is 0 Å². The molecule has 3 N–H and O–H groups in total. The number of nitrogens with two attached hydrogens (primary N) is 1. The fourth-order valence-electron chi connectivity index (χ4n) is 3.91. The second-order valence-corrected chi connectivity index (χ2v) is 10.4. The van der Waals surface area contributed by atoms with Crippen molar-refractivity contribution >= 4 is 21.4 Å². The van der Waals surface area contributed by atoms with Crippen molar-refractivity contribution in [2.24, 2.45) is 16.5 Å². The van der Waals surface area contributed by atoms with E-state index in [4.69, 9.17) is 9.88 Å². The molecule has 31 heavy (non-hydrogen) atoms. The van der Waals surface area contributed by atoms with E-state index in [1.807, 2.05) is 13.8 Å². The van der Waals surface area contributed by atoms with E-state index < -0.39 is 28.7 Å². The van der Waals surface area contributed by atoms with Crippen LogP contribution in [0.5, 0.6) is 5.75 Å². The molecule has 170 valence electrons. The van der Waals surface area contributed by atoms with E-state index in [-0.39, 0.29) is 39.2 Å². The van der Waals surface area contributed by atoms with E-state index in [1.54, 1.807) is 24.3 Å². The average molecular weight is 460 g/mol. The highest BCUT2D eigenvalue weighted by Gasteiger charge is 2.57. The first-order valence-electron chi connectivity index (χ1n) is 9.53. The van der Waals surface area contributed by atoms with Crippen LogP contribution in [0.15, 0.2) is 47.4 Å². The monoisotopic (exact) mass is 460 g/mol. The molecule has 0 saturated heterocycles. The first-order valence-corrected chi connectivity index (χ1v) is 11.4. The molecule has 2 atom stereocenters. The first-order chi connectivity index (χ1) is 14.3. The van der Waals surface area contributed by atoms with Gasteiger partial charge in [-0.15, -0.1) is 0 Å². The van der Waals surface area contributed by atoms with Gasteiger partial charge in [-0.25, -0.2) is 4.39 Å². The Bertz CT molecular complexity index is 1010. The number of rotatable bonds is 8. The fraction of sp³-hybridized carbons (Fsp3) is 0.381. The summed E-state index contributed by atoms with van der Waals surface area (Å²) in [4.78, 5) is 11.2. The second kappa shape index (κ2) is 8.23. The predicted octanol–water partition coefficient (Wildman–Crippen LogP) is 4.06. The maximum atomic E-state index is 13.6. The number of thiol groups is 1. The van der Waals surface area contributed by atoms with Gasteiger partial charge in [0.1, 0.15) is 11.6 Å². The standard InChI is InChI=1S/C21H24F4N2O3S/c1-20(2)16(19(20)13-3-6-15(7-4-13)31(26,29)12-28)10-27-17-9-14(22)5-8-18(17)30-11-21(23,24)25/h3-9,12,16,19,27,31H,10-11H2,1-2H3,(H2,26,29)/t16-,19-/m1/s1. The number of alkyl halides is 3. The van der Waals surface area contributed by atoms with Crippen molar-refractivity contribution in [3.8, 4) is 5.75 Å². The van der Waals surface area contributed by atoms with Gasteiger partial charge < -0.3 is 10.1 Å². The molecule has 0 heterocycles. The Morgan fingerprint density at radius 3 is 2.42 bits per heavy atom. The Kier molecular flexibility index (Phi) is 6.16. The maximum Gasteiger partial charge on any atom is 0.422 e. The normalized spacial score (nSPS) is 20.7. The Morgan fingerprint density at radius 2 is 1.84 bits per heavy atom. The van der Waals surface area contributed by atoms with E-state index in [2.05, 4.69) is 5.32 Å². The summed E-state index contributed by atoms with van der Waals surface area (Å²) < 4.78 is 67.9. The van der Waals surface area contributed by atoms with Gasteiger partial charge in [0.15, 0.2) is 12.2 Å². The van der Waals surface area contributed by atoms with Gasteiger partial charge in [-0.3, -0.25) is 14.1 Å². The summed E-state index contributed by atoms with van der Waals surface area (Å²) in [7, 11) is -3.51. The zero-order valence-corrected chi connectivity index (χ0v) is 17.8. The topological polar surface area (TPSA) is 81.4 Å². The summed E-state index contributed by atoms with van der Waals surface area (Å²) in [6, 6.07) is 9.98. The molecule has 2 aromatic rings. The minimum absolute atomic E-state index is 0.0781. The van der Waals surface area contributed by atoms with Gasteiger partial charge in [-0.2, -0.15) is 13.2 Å². The van der Waals surface area contributed by atoms with E-state index in [9.17, 15) is 26.6 Å². The quantitative estimate of drug-likeness (QED) is 0.315. The number of halogens is 4. The maximum absolute atomic E-state index is 13.6. The summed E-state index contributed by atoms with van der Waals surface area (Å²) in [5.74, 6) is -0.459. The molecular formula is C21H24F4N2O3S. The third kappa shape index (κ3) is 5.24. The minimum Gasteiger partial charge on any atom is -0.482 e. The SMILES string of the molecule is CC1(C)[C@H](CNc2cc(F)ccc2OCC(F)(F)F)[C@H]1c1ccc([SH](N)(=O)C=O)cc1. The number of benzene rings is 2. The van der Waals surface area contributed by atoms with E-state index in [1.165, 1.54) is 0 Å². The highest BCUT2D eigenvalue weighted by molar-refractivity contribution is 8.13. The Morgan fingerprint density at radius 1 is 1.19 bits per heavy atom. The highest BCUT2D eigenvalue weighted by atomic mass is 32.3. The Hall–Kier alpha value is -2.46. The molecule has 0 radical (unpaired) electrons. The van der Waals surface area contributed by atoms with E-state index in [0.717, 1.165) is 23.8 Å². The van der Waals surface area contributed by atoms with Crippen molar-refractivity contribution in [2.75, 3.05) is 18.5 Å². The molecule has 5 nitrogen and oxygen atoms in total. The van der Waals surface area contributed by atoms with Crippen LogP contribution in [0.2, 0.25) is 0 Å². The van der Waals surface area contributed by atoms with Crippen LogP contribution in [0, 0.1) is 17.2 Å². The Labute approximate surface area is 178 Å². The number of hydrogen-bond donors (Lipinski definition) is 3.